The zero-order valence-corrected chi connectivity index (χ0v) is 19.6. The molecule has 3 aromatic rings. The second kappa shape index (κ2) is 9.45. The van der Waals surface area contributed by atoms with Crippen molar-refractivity contribution in [1.29, 1.82) is 0 Å². The standard InChI is InChI=1S/C25H17ClN4O7/c26-16-6-8-18(9-7-16)28-21(14-5-15-3-1-2-4-20(15)30(35)36)22-23(37-28)25(32)27(24(22)31)17-10-12-19(13-11-17)29(33)34/h1-14,21-23H/b14-5+/t21-,22+,23-/m1/s1. The Kier molecular flexibility index (Phi) is 6.15. The van der Waals surface area contributed by atoms with E-state index in [1.165, 1.54) is 41.5 Å². The SMILES string of the molecule is O=C1[C@H]2[C@@H](/C=C/c3ccccc3[N+](=O)[O-])N(c3ccc(Cl)cc3)O[C@H]2C(=O)N1c1ccc([N+](=O)[O-])cc1. The fourth-order valence-corrected chi connectivity index (χ4v) is 4.56. The first-order chi connectivity index (χ1) is 17.8. The molecule has 2 fully saturated rings. The summed E-state index contributed by atoms with van der Waals surface area (Å²) in [7, 11) is 0. The predicted molar refractivity (Wildman–Crippen MR) is 134 cm³/mol. The number of fused-ring (bicyclic) bond motifs is 1. The monoisotopic (exact) mass is 520 g/mol. The molecule has 0 aromatic heterocycles. The number of hydrogen-bond donors (Lipinski definition) is 0. The second-order valence-corrected chi connectivity index (χ2v) is 8.74. The van der Waals surface area contributed by atoms with Gasteiger partial charge in [0.1, 0.15) is 5.92 Å². The van der Waals surface area contributed by atoms with Gasteiger partial charge in [0.15, 0.2) is 6.10 Å². The molecule has 2 aliphatic heterocycles. The van der Waals surface area contributed by atoms with E-state index in [-0.39, 0.29) is 17.1 Å². The number of amides is 2. The second-order valence-electron chi connectivity index (χ2n) is 8.31. The summed E-state index contributed by atoms with van der Waals surface area (Å²) < 4.78 is 0. The van der Waals surface area contributed by atoms with Crippen molar-refractivity contribution in [2.24, 2.45) is 5.92 Å². The summed E-state index contributed by atoms with van der Waals surface area (Å²) >= 11 is 6.01. The first-order valence-corrected chi connectivity index (χ1v) is 11.4. The molecule has 5 rings (SSSR count). The number of rotatable bonds is 6. The van der Waals surface area contributed by atoms with E-state index in [1.54, 1.807) is 48.5 Å². The Morgan fingerprint density at radius 1 is 0.838 bits per heavy atom. The minimum Gasteiger partial charge on any atom is -0.273 e. The van der Waals surface area contributed by atoms with E-state index in [9.17, 15) is 29.8 Å². The van der Waals surface area contributed by atoms with Crippen LogP contribution < -0.4 is 9.96 Å². The molecule has 186 valence electrons. The maximum absolute atomic E-state index is 13.5. The molecule has 2 amide bonds. The number of benzene rings is 3. The third-order valence-corrected chi connectivity index (χ3v) is 6.42. The average Bonchev–Trinajstić information content (AvgIpc) is 3.38. The Balaban J connectivity index is 1.53. The Labute approximate surface area is 214 Å². The Morgan fingerprint density at radius 3 is 2.14 bits per heavy atom. The number of hydrogen-bond acceptors (Lipinski definition) is 8. The Bertz CT molecular complexity index is 1440. The minimum atomic E-state index is -1.17. The van der Waals surface area contributed by atoms with E-state index < -0.39 is 39.7 Å². The molecule has 2 aliphatic rings. The lowest BCUT2D eigenvalue weighted by molar-refractivity contribution is -0.385. The molecule has 11 nitrogen and oxygen atoms in total. The third kappa shape index (κ3) is 4.30. The van der Waals surface area contributed by atoms with Crippen LogP contribution in [0.5, 0.6) is 0 Å². The summed E-state index contributed by atoms with van der Waals surface area (Å²) in [4.78, 5) is 55.1. The smallest absolute Gasteiger partial charge is 0.273 e. The number of hydroxylamine groups is 1. The van der Waals surface area contributed by atoms with Crippen LogP contribution in [-0.2, 0) is 14.4 Å². The molecule has 0 spiro atoms. The lowest BCUT2D eigenvalue weighted by atomic mass is 9.95. The van der Waals surface area contributed by atoms with E-state index >= 15 is 0 Å². The molecular weight excluding hydrogens is 504 g/mol. The zero-order valence-electron chi connectivity index (χ0n) is 18.8. The van der Waals surface area contributed by atoms with Gasteiger partial charge in [0.2, 0.25) is 5.91 Å². The highest BCUT2D eigenvalue weighted by Gasteiger charge is 2.59. The van der Waals surface area contributed by atoms with Crippen LogP contribution in [0.1, 0.15) is 5.56 Å². The van der Waals surface area contributed by atoms with Crippen molar-refractivity contribution in [2.75, 3.05) is 9.96 Å². The fourth-order valence-electron chi connectivity index (χ4n) is 4.44. The molecule has 37 heavy (non-hydrogen) atoms. The van der Waals surface area contributed by atoms with Gasteiger partial charge in [-0.05, 0) is 48.5 Å². The minimum absolute atomic E-state index is 0.117. The molecule has 0 radical (unpaired) electrons. The number of carbonyl (C=O) groups excluding carboxylic acids is 2. The van der Waals surface area contributed by atoms with E-state index in [0.717, 1.165) is 4.90 Å². The number of nitro benzene ring substituents is 2. The highest BCUT2D eigenvalue weighted by molar-refractivity contribution is 6.30. The highest BCUT2D eigenvalue weighted by Crippen LogP contribution is 2.41. The number of halogens is 1. The molecule has 3 atom stereocenters. The summed E-state index contributed by atoms with van der Waals surface area (Å²) in [5, 5.41) is 24.3. The fraction of sp³-hybridized carbons (Fsp3) is 0.120. The molecule has 0 N–H and O–H groups in total. The molecule has 0 aliphatic carbocycles. The van der Waals surface area contributed by atoms with Gasteiger partial charge in [0.25, 0.3) is 17.3 Å². The normalized spacial score (nSPS) is 21.1. The van der Waals surface area contributed by atoms with Gasteiger partial charge >= 0.3 is 0 Å². The Morgan fingerprint density at radius 2 is 1.49 bits per heavy atom. The van der Waals surface area contributed by atoms with Crippen molar-refractivity contribution < 1.29 is 24.3 Å². The summed E-state index contributed by atoms with van der Waals surface area (Å²) in [6.07, 6.45) is 1.94. The maximum atomic E-state index is 13.5. The average molecular weight is 521 g/mol. The summed E-state index contributed by atoms with van der Waals surface area (Å²) in [6, 6.07) is 17.0. The van der Waals surface area contributed by atoms with Crippen LogP contribution in [0.3, 0.4) is 0 Å². The first-order valence-electron chi connectivity index (χ1n) is 11.0. The molecule has 0 unspecified atom stereocenters. The summed E-state index contributed by atoms with van der Waals surface area (Å²) in [5.41, 5.74) is 0.722. The van der Waals surface area contributed by atoms with Gasteiger partial charge < -0.3 is 0 Å². The van der Waals surface area contributed by atoms with Crippen LogP contribution in [0.2, 0.25) is 5.02 Å². The number of non-ortho nitro benzene ring substituents is 1. The molecule has 2 saturated heterocycles. The zero-order chi connectivity index (χ0) is 26.3. The molecule has 3 aromatic carbocycles. The number of carbonyl (C=O) groups is 2. The van der Waals surface area contributed by atoms with E-state index in [4.69, 9.17) is 16.4 Å². The lowest BCUT2D eigenvalue weighted by Gasteiger charge is -2.26. The Hall–Kier alpha value is -4.61. The lowest BCUT2D eigenvalue weighted by Crippen LogP contribution is -2.39. The maximum Gasteiger partial charge on any atom is 0.276 e. The molecular formula is C25H17ClN4O7. The van der Waals surface area contributed by atoms with Gasteiger partial charge in [-0.15, -0.1) is 0 Å². The number of nitrogens with zero attached hydrogens (tertiary/aromatic N) is 4. The van der Waals surface area contributed by atoms with Crippen molar-refractivity contribution >= 4 is 52.2 Å². The number of anilines is 2. The van der Waals surface area contributed by atoms with Gasteiger partial charge in [-0.1, -0.05) is 29.8 Å². The van der Waals surface area contributed by atoms with Crippen LogP contribution in [-0.4, -0.2) is 33.8 Å². The van der Waals surface area contributed by atoms with Crippen molar-refractivity contribution in [2.45, 2.75) is 12.1 Å². The van der Waals surface area contributed by atoms with Crippen LogP contribution in [0.25, 0.3) is 6.08 Å². The summed E-state index contributed by atoms with van der Waals surface area (Å²) in [6.45, 7) is 0. The first kappa shape index (κ1) is 24.1. The topological polar surface area (TPSA) is 136 Å². The molecule has 0 bridgehead atoms. The number of para-hydroxylation sites is 1. The quantitative estimate of drug-likeness (QED) is 0.262. The largest absolute Gasteiger partial charge is 0.276 e. The van der Waals surface area contributed by atoms with Crippen LogP contribution in [0.4, 0.5) is 22.7 Å². The van der Waals surface area contributed by atoms with Gasteiger partial charge in [0.05, 0.1) is 32.8 Å². The van der Waals surface area contributed by atoms with Crippen molar-refractivity contribution in [1.82, 2.24) is 0 Å². The van der Waals surface area contributed by atoms with Crippen molar-refractivity contribution in [3.05, 3.63) is 110 Å². The third-order valence-electron chi connectivity index (χ3n) is 6.17. The van der Waals surface area contributed by atoms with Crippen molar-refractivity contribution in [3.63, 3.8) is 0 Å². The van der Waals surface area contributed by atoms with Gasteiger partial charge in [0, 0.05) is 23.2 Å². The van der Waals surface area contributed by atoms with Crippen molar-refractivity contribution in [3.8, 4) is 0 Å². The highest BCUT2D eigenvalue weighted by atomic mass is 35.5. The van der Waals surface area contributed by atoms with Gasteiger partial charge in [-0.25, -0.2) is 9.96 Å². The van der Waals surface area contributed by atoms with E-state index in [0.29, 0.717) is 16.3 Å². The number of nitro groups is 2. The number of imide groups is 1. The molecule has 12 heteroatoms. The van der Waals surface area contributed by atoms with Crippen LogP contribution >= 0.6 is 11.6 Å². The van der Waals surface area contributed by atoms with Gasteiger partial charge in [-0.3, -0.25) is 34.7 Å². The summed E-state index contributed by atoms with van der Waals surface area (Å²) in [5.74, 6) is -2.15. The van der Waals surface area contributed by atoms with Crippen LogP contribution in [0, 0.1) is 26.1 Å². The molecule has 0 saturated carbocycles. The van der Waals surface area contributed by atoms with Gasteiger partial charge in [-0.2, -0.15) is 0 Å². The van der Waals surface area contributed by atoms with Crippen LogP contribution in [0.15, 0.2) is 78.9 Å². The van der Waals surface area contributed by atoms with E-state index in [1.807, 2.05) is 0 Å². The van der Waals surface area contributed by atoms with E-state index in [2.05, 4.69) is 0 Å². The molecule has 2 heterocycles. The predicted octanol–water partition coefficient (Wildman–Crippen LogP) is 4.55.